The lowest BCUT2D eigenvalue weighted by molar-refractivity contribution is 0.0283. The fourth-order valence-corrected chi connectivity index (χ4v) is 4.41. The zero-order valence-corrected chi connectivity index (χ0v) is 21.2. The van der Waals surface area contributed by atoms with Crippen molar-refractivity contribution in [3.05, 3.63) is 78.4 Å². The van der Waals surface area contributed by atoms with E-state index >= 15 is 0 Å². The predicted molar refractivity (Wildman–Crippen MR) is 143 cm³/mol. The van der Waals surface area contributed by atoms with Crippen LogP contribution in [0, 0.1) is 11.3 Å². The molecule has 0 saturated heterocycles. The second kappa shape index (κ2) is 9.96. The monoisotopic (exact) mass is 495 g/mol. The Morgan fingerprint density at radius 2 is 1.92 bits per heavy atom. The van der Waals surface area contributed by atoms with Crippen molar-refractivity contribution in [2.24, 2.45) is 0 Å². The van der Waals surface area contributed by atoms with Crippen molar-refractivity contribution in [2.45, 2.75) is 25.9 Å². The number of pyridine rings is 2. The molecule has 5 rings (SSSR count). The van der Waals surface area contributed by atoms with Crippen molar-refractivity contribution >= 4 is 16.8 Å². The number of anilines is 1. The standard InChI is InChI=1S/C29H29N5O3/c1-29(2,35)19-37-25-14-26(28-22(15-30)17-32-34(28)18-25)21-4-9-27(31-16-21)20-10-12-33(13-11-20)23-5-7-24(36-3)8-6-23/h4-10,14,16-18,35H,11-13,19H2,1-3H3. The summed E-state index contributed by atoms with van der Waals surface area (Å²) in [6, 6.07) is 16.2. The van der Waals surface area contributed by atoms with Crippen LogP contribution in [0.5, 0.6) is 11.5 Å². The number of aliphatic hydroxyl groups is 1. The summed E-state index contributed by atoms with van der Waals surface area (Å²) in [6.07, 6.45) is 8.21. The third kappa shape index (κ3) is 5.27. The highest BCUT2D eigenvalue weighted by atomic mass is 16.5. The molecule has 1 aliphatic rings. The zero-order chi connectivity index (χ0) is 26.0. The van der Waals surface area contributed by atoms with Crippen LogP contribution in [0.2, 0.25) is 0 Å². The van der Waals surface area contributed by atoms with Crippen molar-refractivity contribution < 1.29 is 14.6 Å². The molecule has 1 aromatic carbocycles. The van der Waals surface area contributed by atoms with Gasteiger partial charge in [-0.15, -0.1) is 0 Å². The first-order valence-electron chi connectivity index (χ1n) is 12.2. The van der Waals surface area contributed by atoms with Crippen LogP contribution in [0.4, 0.5) is 5.69 Å². The number of fused-ring (bicyclic) bond motifs is 1. The minimum atomic E-state index is -0.975. The molecule has 1 aliphatic heterocycles. The van der Waals surface area contributed by atoms with Gasteiger partial charge in [0.15, 0.2) is 0 Å². The van der Waals surface area contributed by atoms with Crippen LogP contribution in [0.3, 0.4) is 0 Å². The Bertz CT molecular complexity index is 1480. The SMILES string of the molecule is COc1ccc(N2CC=C(c3ccc(-c4cc(OCC(C)(C)O)cn5ncc(C#N)c45)cn3)CC2)cc1. The third-order valence-corrected chi connectivity index (χ3v) is 6.35. The number of nitrogens with zero attached hydrogens (tertiary/aromatic N) is 5. The molecule has 8 heteroatoms. The quantitative estimate of drug-likeness (QED) is 0.396. The van der Waals surface area contributed by atoms with Gasteiger partial charge >= 0.3 is 0 Å². The molecule has 188 valence electrons. The first-order chi connectivity index (χ1) is 17.8. The highest BCUT2D eigenvalue weighted by Gasteiger charge is 2.18. The first kappa shape index (κ1) is 24.3. The summed E-state index contributed by atoms with van der Waals surface area (Å²) in [4.78, 5) is 7.09. The molecule has 0 radical (unpaired) electrons. The Kier molecular flexibility index (Phi) is 6.55. The van der Waals surface area contributed by atoms with Gasteiger partial charge in [-0.25, -0.2) is 4.52 Å². The lowest BCUT2D eigenvalue weighted by Crippen LogP contribution is -2.28. The molecule has 0 aliphatic carbocycles. The van der Waals surface area contributed by atoms with Crippen LogP contribution in [0.1, 0.15) is 31.5 Å². The second-order valence-corrected chi connectivity index (χ2v) is 9.71. The Balaban J connectivity index is 1.39. The molecule has 0 atom stereocenters. The van der Waals surface area contributed by atoms with Gasteiger partial charge in [0, 0.05) is 36.1 Å². The molecular weight excluding hydrogens is 466 g/mol. The van der Waals surface area contributed by atoms with E-state index in [1.807, 2.05) is 36.5 Å². The normalized spacial score (nSPS) is 13.8. The van der Waals surface area contributed by atoms with Crippen molar-refractivity contribution in [2.75, 3.05) is 31.7 Å². The fourth-order valence-electron chi connectivity index (χ4n) is 4.41. The summed E-state index contributed by atoms with van der Waals surface area (Å²) in [5, 5.41) is 24.0. The minimum absolute atomic E-state index is 0.128. The van der Waals surface area contributed by atoms with E-state index in [1.165, 1.54) is 11.3 Å². The zero-order valence-electron chi connectivity index (χ0n) is 21.2. The van der Waals surface area contributed by atoms with Gasteiger partial charge in [-0.05, 0) is 62.2 Å². The number of benzene rings is 1. The summed E-state index contributed by atoms with van der Waals surface area (Å²) >= 11 is 0. The van der Waals surface area contributed by atoms with E-state index in [0.717, 1.165) is 42.1 Å². The number of methoxy groups -OCH3 is 1. The van der Waals surface area contributed by atoms with Crippen LogP contribution < -0.4 is 14.4 Å². The van der Waals surface area contributed by atoms with Gasteiger partial charge in [0.05, 0.1) is 41.9 Å². The van der Waals surface area contributed by atoms with E-state index in [0.29, 0.717) is 16.8 Å². The van der Waals surface area contributed by atoms with E-state index in [-0.39, 0.29) is 6.61 Å². The van der Waals surface area contributed by atoms with Crippen LogP contribution in [0.15, 0.2) is 67.1 Å². The summed E-state index contributed by atoms with van der Waals surface area (Å²) in [6.45, 7) is 5.22. The Morgan fingerprint density at radius 1 is 1.11 bits per heavy atom. The summed E-state index contributed by atoms with van der Waals surface area (Å²) < 4.78 is 12.7. The number of nitriles is 1. The van der Waals surface area contributed by atoms with Crippen LogP contribution >= 0.6 is 0 Å². The molecular formula is C29H29N5O3. The Labute approximate surface area is 216 Å². The molecule has 1 N–H and O–H groups in total. The second-order valence-electron chi connectivity index (χ2n) is 9.71. The number of rotatable bonds is 7. The molecule has 0 spiro atoms. The highest BCUT2D eigenvalue weighted by Crippen LogP contribution is 2.32. The van der Waals surface area contributed by atoms with Crippen molar-refractivity contribution in [3.63, 3.8) is 0 Å². The smallest absolute Gasteiger partial charge is 0.138 e. The molecule has 4 aromatic rings. The van der Waals surface area contributed by atoms with E-state index in [2.05, 4.69) is 34.3 Å². The lowest BCUT2D eigenvalue weighted by Gasteiger charge is -2.28. The van der Waals surface area contributed by atoms with E-state index in [1.54, 1.807) is 37.9 Å². The van der Waals surface area contributed by atoms with Crippen molar-refractivity contribution in [1.29, 1.82) is 5.26 Å². The molecule has 0 amide bonds. The third-order valence-electron chi connectivity index (χ3n) is 6.35. The van der Waals surface area contributed by atoms with Gasteiger partial charge in [0.25, 0.3) is 0 Å². The molecule has 4 heterocycles. The fraction of sp³-hybridized carbons (Fsp3) is 0.276. The first-order valence-corrected chi connectivity index (χ1v) is 12.2. The Hall–Kier alpha value is -4.35. The highest BCUT2D eigenvalue weighted by molar-refractivity contribution is 5.85. The number of hydrogen-bond donors (Lipinski definition) is 1. The van der Waals surface area contributed by atoms with E-state index in [4.69, 9.17) is 14.5 Å². The molecule has 37 heavy (non-hydrogen) atoms. The molecule has 0 unspecified atom stereocenters. The van der Waals surface area contributed by atoms with Gasteiger partial charge in [-0.2, -0.15) is 10.4 Å². The maximum atomic E-state index is 10.1. The Morgan fingerprint density at radius 3 is 2.54 bits per heavy atom. The van der Waals surface area contributed by atoms with Crippen LogP contribution in [-0.2, 0) is 0 Å². The van der Waals surface area contributed by atoms with Crippen LogP contribution in [0.25, 0.3) is 22.2 Å². The van der Waals surface area contributed by atoms with Crippen LogP contribution in [-0.4, -0.2) is 52.1 Å². The average Bonchev–Trinajstić information content (AvgIpc) is 3.34. The summed E-state index contributed by atoms with van der Waals surface area (Å²) in [7, 11) is 1.67. The van der Waals surface area contributed by atoms with Crippen molar-refractivity contribution in [3.8, 4) is 28.7 Å². The van der Waals surface area contributed by atoms with Gasteiger partial charge in [-0.1, -0.05) is 12.1 Å². The molecule has 8 nitrogen and oxygen atoms in total. The number of aromatic nitrogens is 3. The molecule has 0 fully saturated rings. The average molecular weight is 496 g/mol. The minimum Gasteiger partial charge on any atom is -0.497 e. The maximum Gasteiger partial charge on any atom is 0.138 e. The largest absolute Gasteiger partial charge is 0.497 e. The molecule has 0 bridgehead atoms. The molecule has 0 saturated carbocycles. The van der Waals surface area contributed by atoms with E-state index in [9.17, 15) is 10.4 Å². The van der Waals surface area contributed by atoms with Crippen molar-refractivity contribution in [1.82, 2.24) is 14.6 Å². The van der Waals surface area contributed by atoms with Gasteiger partial charge in [0.2, 0.25) is 0 Å². The number of ether oxygens (including phenoxy) is 2. The topological polar surface area (TPSA) is 95.9 Å². The lowest BCUT2D eigenvalue weighted by atomic mass is 10.0. The van der Waals surface area contributed by atoms with Gasteiger partial charge in [-0.3, -0.25) is 4.98 Å². The predicted octanol–water partition coefficient (Wildman–Crippen LogP) is 4.72. The summed E-state index contributed by atoms with van der Waals surface area (Å²) in [5.41, 5.74) is 5.17. The maximum absolute atomic E-state index is 10.1. The summed E-state index contributed by atoms with van der Waals surface area (Å²) in [5.74, 6) is 1.40. The number of hydrogen-bond acceptors (Lipinski definition) is 7. The van der Waals surface area contributed by atoms with E-state index < -0.39 is 5.60 Å². The van der Waals surface area contributed by atoms with Gasteiger partial charge < -0.3 is 19.5 Å². The van der Waals surface area contributed by atoms with Gasteiger partial charge in [0.1, 0.15) is 24.2 Å². The molecule has 3 aromatic heterocycles.